The Kier molecular flexibility index (Phi) is 6.63. The minimum atomic E-state index is 0. The summed E-state index contributed by atoms with van der Waals surface area (Å²) in [6, 6.07) is 0.255. The van der Waals surface area contributed by atoms with Gasteiger partial charge in [-0.2, -0.15) is 0 Å². The Labute approximate surface area is 85.3 Å². The third-order valence-corrected chi connectivity index (χ3v) is 2.27. The summed E-state index contributed by atoms with van der Waals surface area (Å²) in [4.78, 5) is 0. The van der Waals surface area contributed by atoms with E-state index in [1.54, 1.807) is 21.3 Å². The van der Waals surface area contributed by atoms with Crippen molar-refractivity contribution in [3.05, 3.63) is 0 Å². The van der Waals surface area contributed by atoms with Crippen molar-refractivity contribution in [2.45, 2.75) is 18.2 Å². The Balaban J connectivity index is 0.00000144. The van der Waals surface area contributed by atoms with Crippen LogP contribution in [0.5, 0.6) is 0 Å². The van der Waals surface area contributed by atoms with E-state index in [1.807, 2.05) is 0 Å². The molecular formula is C8H18ClNO3. The van der Waals surface area contributed by atoms with Crippen LogP contribution in [-0.4, -0.2) is 52.7 Å². The highest BCUT2D eigenvalue weighted by atomic mass is 35.5. The molecular weight excluding hydrogens is 194 g/mol. The zero-order valence-corrected chi connectivity index (χ0v) is 9.10. The molecule has 1 rings (SSSR count). The quantitative estimate of drug-likeness (QED) is 0.714. The van der Waals surface area contributed by atoms with E-state index in [0.717, 1.165) is 6.54 Å². The smallest absolute Gasteiger partial charge is 0.102 e. The van der Waals surface area contributed by atoms with Gasteiger partial charge >= 0.3 is 0 Å². The van der Waals surface area contributed by atoms with Gasteiger partial charge in [0, 0.05) is 27.9 Å². The van der Waals surface area contributed by atoms with Crippen LogP contribution >= 0.6 is 12.4 Å². The summed E-state index contributed by atoms with van der Waals surface area (Å²) < 4.78 is 15.6. The average molecular weight is 212 g/mol. The number of hydrogen-bond acceptors (Lipinski definition) is 4. The fourth-order valence-corrected chi connectivity index (χ4v) is 1.63. The van der Waals surface area contributed by atoms with Gasteiger partial charge < -0.3 is 19.5 Å². The van der Waals surface area contributed by atoms with Gasteiger partial charge in [-0.25, -0.2) is 0 Å². The van der Waals surface area contributed by atoms with Crippen LogP contribution < -0.4 is 5.32 Å². The Bertz CT molecular complexity index is 137. The average Bonchev–Trinajstić information content (AvgIpc) is 2.47. The number of rotatable bonds is 4. The monoisotopic (exact) mass is 211 g/mol. The minimum absolute atomic E-state index is 0. The summed E-state index contributed by atoms with van der Waals surface area (Å²) in [6.07, 6.45) is 0.255. The largest absolute Gasteiger partial charge is 0.383 e. The summed E-state index contributed by atoms with van der Waals surface area (Å²) in [5.41, 5.74) is 0. The maximum absolute atomic E-state index is 5.31. The summed E-state index contributed by atoms with van der Waals surface area (Å²) in [5.74, 6) is 0. The van der Waals surface area contributed by atoms with Gasteiger partial charge in [0.05, 0.1) is 18.8 Å². The van der Waals surface area contributed by atoms with Crippen LogP contribution in [0, 0.1) is 0 Å². The Hall–Kier alpha value is 0.130. The molecule has 4 nitrogen and oxygen atoms in total. The van der Waals surface area contributed by atoms with Crippen molar-refractivity contribution < 1.29 is 14.2 Å². The summed E-state index contributed by atoms with van der Waals surface area (Å²) in [7, 11) is 5.09. The lowest BCUT2D eigenvalue weighted by molar-refractivity contribution is -0.0274. The zero-order valence-electron chi connectivity index (χ0n) is 8.28. The van der Waals surface area contributed by atoms with Gasteiger partial charge in [0.15, 0.2) is 0 Å². The molecule has 0 aromatic rings. The van der Waals surface area contributed by atoms with Gasteiger partial charge in [-0.3, -0.25) is 0 Å². The van der Waals surface area contributed by atoms with Gasteiger partial charge in [-0.15, -0.1) is 12.4 Å². The molecule has 1 heterocycles. The predicted octanol–water partition coefficient (Wildman–Crippen LogP) is 0.0564. The topological polar surface area (TPSA) is 39.7 Å². The van der Waals surface area contributed by atoms with E-state index in [9.17, 15) is 0 Å². The second-order valence-corrected chi connectivity index (χ2v) is 2.94. The highest BCUT2D eigenvalue weighted by Crippen LogP contribution is 2.14. The van der Waals surface area contributed by atoms with E-state index in [0.29, 0.717) is 6.61 Å². The molecule has 1 fully saturated rings. The van der Waals surface area contributed by atoms with Crippen LogP contribution in [0.25, 0.3) is 0 Å². The SMILES string of the molecule is COC[C@@H]1NC[C@@H](OC)[C@H]1OC.Cl. The first-order valence-electron chi connectivity index (χ1n) is 4.11. The van der Waals surface area contributed by atoms with Crippen molar-refractivity contribution >= 4 is 12.4 Å². The highest BCUT2D eigenvalue weighted by Gasteiger charge is 2.35. The van der Waals surface area contributed by atoms with E-state index < -0.39 is 0 Å². The Morgan fingerprint density at radius 1 is 1.23 bits per heavy atom. The molecule has 0 unspecified atom stereocenters. The molecule has 1 saturated heterocycles. The molecule has 13 heavy (non-hydrogen) atoms. The molecule has 0 aromatic heterocycles. The minimum Gasteiger partial charge on any atom is -0.383 e. The lowest BCUT2D eigenvalue weighted by Gasteiger charge is -2.20. The fraction of sp³-hybridized carbons (Fsp3) is 1.00. The molecule has 0 amide bonds. The zero-order chi connectivity index (χ0) is 8.97. The number of hydrogen-bond donors (Lipinski definition) is 1. The Morgan fingerprint density at radius 3 is 2.38 bits per heavy atom. The van der Waals surface area contributed by atoms with Crippen molar-refractivity contribution in [2.24, 2.45) is 0 Å². The molecule has 1 aliphatic heterocycles. The molecule has 0 saturated carbocycles. The van der Waals surface area contributed by atoms with Gasteiger partial charge in [-0.1, -0.05) is 0 Å². The van der Waals surface area contributed by atoms with E-state index in [1.165, 1.54) is 0 Å². The first-order chi connectivity index (χ1) is 5.83. The summed E-state index contributed by atoms with van der Waals surface area (Å²) in [5, 5.41) is 3.28. The first-order valence-corrected chi connectivity index (χ1v) is 4.11. The van der Waals surface area contributed by atoms with Crippen molar-refractivity contribution in [1.82, 2.24) is 5.32 Å². The third kappa shape index (κ3) is 3.07. The second-order valence-electron chi connectivity index (χ2n) is 2.94. The van der Waals surface area contributed by atoms with E-state index in [4.69, 9.17) is 14.2 Å². The molecule has 0 aromatic carbocycles. The molecule has 80 valence electrons. The van der Waals surface area contributed by atoms with Gasteiger partial charge in [-0.05, 0) is 0 Å². The molecule has 1 aliphatic rings. The lowest BCUT2D eigenvalue weighted by Crippen LogP contribution is -2.38. The predicted molar refractivity (Wildman–Crippen MR) is 52.5 cm³/mol. The number of methoxy groups -OCH3 is 3. The maximum Gasteiger partial charge on any atom is 0.102 e. The molecule has 1 N–H and O–H groups in total. The van der Waals surface area contributed by atoms with Gasteiger partial charge in [0.2, 0.25) is 0 Å². The van der Waals surface area contributed by atoms with Crippen LogP contribution in [0.2, 0.25) is 0 Å². The maximum atomic E-state index is 5.31. The van der Waals surface area contributed by atoms with Crippen LogP contribution in [0.15, 0.2) is 0 Å². The first kappa shape index (κ1) is 13.1. The van der Waals surface area contributed by atoms with Crippen LogP contribution in [0.1, 0.15) is 0 Å². The molecule has 3 atom stereocenters. The summed E-state index contributed by atoms with van der Waals surface area (Å²) in [6.45, 7) is 1.50. The van der Waals surface area contributed by atoms with E-state index in [2.05, 4.69) is 5.32 Å². The van der Waals surface area contributed by atoms with Crippen LogP contribution in [-0.2, 0) is 14.2 Å². The Morgan fingerprint density at radius 2 is 1.92 bits per heavy atom. The molecule has 0 aliphatic carbocycles. The van der Waals surface area contributed by atoms with Gasteiger partial charge in [0.1, 0.15) is 6.10 Å². The van der Waals surface area contributed by atoms with E-state index >= 15 is 0 Å². The van der Waals surface area contributed by atoms with Crippen molar-refractivity contribution in [3.8, 4) is 0 Å². The van der Waals surface area contributed by atoms with Crippen molar-refractivity contribution in [3.63, 3.8) is 0 Å². The lowest BCUT2D eigenvalue weighted by atomic mass is 10.1. The fourth-order valence-electron chi connectivity index (χ4n) is 1.63. The van der Waals surface area contributed by atoms with Crippen molar-refractivity contribution in [2.75, 3.05) is 34.5 Å². The highest BCUT2D eigenvalue weighted by molar-refractivity contribution is 5.85. The molecule has 0 radical (unpaired) electrons. The van der Waals surface area contributed by atoms with Crippen molar-refractivity contribution in [1.29, 1.82) is 0 Å². The van der Waals surface area contributed by atoms with Gasteiger partial charge in [0.25, 0.3) is 0 Å². The molecule has 5 heteroatoms. The number of nitrogens with one attached hydrogen (secondary N) is 1. The van der Waals surface area contributed by atoms with E-state index in [-0.39, 0.29) is 30.7 Å². The molecule has 0 bridgehead atoms. The number of halogens is 1. The second kappa shape index (κ2) is 6.56. The summed E-state index contributed by atoms with van der Waals surface area (Å²) >= 11 is 0. The normalized spacial score (nSPS) is 33.0. The third-order valence-electron chi connectivity index (χ3n) is 2.27. The van der Waals surface area contributed by atoms with Crippen LogP contribution in [0.4, 0.5) is 0 Å². The van der Waals surface area contributed by atoms with Crippen LogP contribution in [0.3, 0.4) is 0 Å². The standard InChI is InChI=1S/C8H17NO3.ClH/c1-10-5-6-8(12-3)7(11-2)4-9-6;/h6-9H,4-5H2,1-3H3;1H/t6-,7+,8-;/m0./s1. The molecule has 0 spiro atoms. The number of ether oxygens (including phenoxy) is 3.